The standard InChI is InChI=1S/C29H26N2O6S/c1-6-11-36-19-10-8-9-18(14-19)23-22-24(32)20-12-15(3)16(4)13-21(20)37-25(22)27(33)31(23)29-30-17(5)26(38-29)28(34)35-7-2/h6,8-10,12-14,23H,1,7,11H2,2-5H3. The van der Waals surface area contributed by atoms with Crippen molar-refractivity contribution >= 4 is 39.3 Å². The van der Waals surface area contributed by atoms with Crippen LogP contribution in [0.1, 0.15) is 61.1 Å². The number of aryl methyl sites for hydroxylation is 3. The van der Waals surface area contributed by atoms with E-state index in [9.17, 15) is 14.4 Å². The highest BCUT2D eigenvalue weighted by atomic mass is 32.1. The molecule has 9 heteroatoms. The first-order valence-electron chi connectivity index (χ1n) is 12.1. The van der Waals surface area contributed by atoms with Gasteiger partial charge in [0.2, 0.25) is 5.76 Å². The zero-order chi connectivity index (χ0) is 27.1. The van der Waals surface area contributed by atoms with Crippen LogP contribution >= 0.6 is 11.3 Å². The topological polar surface area (TPSA) is 98.9 Å². The number of anilines is 1. The Morgan fingerprint density at radius 3 is 2.68 bits per heavy atom. The quantitative estimate of drug-likeness (QED) is 0.224. The molecule has 1 amide bonds. The molecule has 0 bridgehead atoms. The van der Waals surface area contributed by atoms with Gasteiger partial charge in [-0.25, -0.2) is 9.78 Å². The average molecular weight is 531 g/mol. The van der Waals surface area contributed by atoms with Crippen molar-refractivity contribution in [3.8, 4) is 5.75 Å². The minimum Gasteiger partial charge on any atom is -0.490 e. The maximum atomic E-state index is 13.9. The summed E-state index contributed by atoms with van der Waals surface area (Å²) >= 11 is 1.04. The van der Waals surface area contributed by atoms with Crippen LogP contribution in [0.2, 0.25) is 0 Å². The molecule has 5 rings (SSSR count). The van der Waals surface area contributed by atoms with Gasteiger partial charge in [-0.3, -0.25) is 14.5 Å². The molecule has 0 fully saturated rings. The van der Waals surface area contributed by atoms with E-state index in [-0.39, 0.29) is 28.5 Å². The highest BCUT2D eigenvalue weighted by Gasteiger charge is 2.45. The molecule has 0 N–H and O–H groups in total. The summed E-state index contributed by atoms with van der Waals surface area (Å²) in [4.78, 5) is 46.6. The first-order valence-corrected chi connectivity index (χ1v) is 13.0. The second-order valence-electron chi connectivity index (χ2n) is 8.99. The number of esters is 1. The average Bonchev–Trinajstić information content (AvgIpc) is 3.42. The largest absolute Gasteiger partial charge is 0.490 e. The van der Waals surface area contributed by atoms with Gasteiger partial charge < -0.3 is 13.9 Å². The number of rotatable bonds is 7. The molecular formula is C29H26N2O6S. The summed E-state index contributed by atoms with van der Waals surface area (Å²) in [5.41, 5.74) is 3.23. The Labute approximate surface area is 223 Å². The van der Waals surface area contributed by atoms with Crippen LogP contribution in [0.3, 0.4) is 0 Å². The molecule has 2 aromatic carbocycles. The van der Waals surface area contributed by atoms with E-state index in [1.165, 1.54) is 4.90 Å². The van der Waals surface area contributed by atoms with Gasteiger partial charge in [0.05, 0.1) is 29.3 Å². The molecule has 8 nitrogen and oxygen atoms in total. The number of hydrogen-bond acceptors (Lipinski definition) is 8. The SMILES string of the molecule is C=CCOc1cccc(C2c3c(oc4cc(C)c(C)cc4c3=O)C(=O)N2c2nc(C)c(C(=O)OCC)s2)c1. The fourth-order valence-electron chi connectivity index (χ4n) is 4.54. The fraction of sp³-hybridized carbons (Fsp3) is 0.241. The summed E-state index contributed by atoms with van der Waals surface area (Å²) in [6, 6.07) is 9.90. The van der Waals surface area contributed by atoms with Crippen molar-refractivity contribution in [3.05, 3.63) is 97.9 Å². The van der Waals surface area contributed by atoms with E-state index in [1.807, 2.05) is 19.9 Å². The van der Waals surface area contributed by atoms with Gasteiger partial charge in [0.1, 0.15) is 22.8 Å². The molecule has 0 saturated carbocycles. The lowest BCUT2D eigenvalue weighted by Crippen LogP contribution is -2.29. The molecule has 38 heavy (non-hydrogen) atoms. The predicted molar refractivity (Wildman–Crippen MR) is 146 cm³/mol. The lowest BCUT2D eigenvalue weighted by Gasteiger charge is -2.23. The predicted octanol–water partition coefficient (Wildman–Crippen LogP) is 5.67. The molecule has 4 aromatic rings. The van der Waals surface area contributed by atoms with Crippen LogP contribution in [-0.2, 0) is 4.74 Å². The van der Waals surface area contributed by atoms with Crippen molar-refractivity contribution < 1.29 is 23.5 Å². The van der Waals surface area contributed by atoms with Crippen molar-refractivity contribution in [2.45, 2.75) is 33.7 Å². The van der Waals surface area contributed by atoms with E-state index in [2.05, 4.69) is 11.6 Å². The number of amides is 1. The molecule has 1 aliphatic rings. The van der Waals surface area contributed by atoms with E-state index in [0.717, 1.165) is 22.5 Å². The summed E-state index contributed by atoms with van der Waals surface area (Å²) in [6.07, 6.45) is 1.63. The van der Waals surface area contributed by atoms with Gasteiger partial charge in [0.25, 0.3) is 5.91 Å². The van der Waals surface area contributed by atoms with Gasteiger partial charge in [-0.15, -0.1) is 0 Å². The van der Waals surface area contributed by atoms with Gasteiger partial charge >= 0.3 is 5.97 Å². The number of carbonyl (C=O) groups is 2. The number of ether oxygens (including phenoxy) is 2. The Hall–Kier alpha value is -4.24. The molecule has 1 unspecified atom stereocenters. The second-order valence-corrected chi connectivity index (χ2v) is 9.97. The minimum atomic E-state index is -0.840. The number of benzene rings is 2. The van der Waals surface area contributed by atoms with E-state index in [4.69, 9.17) is 13.9 Å². The molecule has 0 radical (unpaired) electrons. The lowest BCUT2D eigenvalue weighted by molar-refractivity contribution is 0.0531. The van der Waals surface area contributed by atoms with Crippen LogP contribution in [0.5, 0.6) is 5.75 Å². The molecule has 2 aromatic heterocycles. The normalized spacial score (nSPS) is 14.6. The van der Waals surface area contributed by atoms with E-state index >= 15 is 0 Å². The Morgan fingerprint density at radius 1 is 1.18 bits per heavy atom. The van der Waals surface area contributed by atoms with Gasteiger partial charge in [-0.2, -0.15) is 0 Å². The Balaban J connectivity index is 1.75. The van der Waals surface area contributed by atoms with Crippen molar-refractivity contribution in [1.82, 2.24) is 4.98 Å². The molecule has 0 spiro atoms. The van der Waals surface area contributed by atoms with Crippen LogP contribution in [0, 0.1) is 20.8 Å². The molecule has 1 aliphatic heterocycles. The fourth-order valence-corrected chi connectivity index (χ4v) is 5.53. The Bertz CT molecular complexity index is 1670. The van der Waals surface area contributed by atoms with E-state index < -0.39 is 17.9 Å². The lowest BCUT2D eigenvalue weighted by atomic mass is 9.97. The molecule has 0 aliphatic carbocycles. The summed E-state index contributed by atoms with van der Waals surface area (Å²) in [5.74, 6) is -0.509. The number of hydrogen-bond donors (Lipinski definition) is 0. The molecule has 3 heterocycles. The highest BCUT2D eigenvalue weighted by molar-refractivity contribution is 7.17. The summed E-state index contributed by atoms with van der Waals surface area (Å²) in [5, 5.41) is 0.660. The molecule has 194 valence electrons. The Kier molecular flexibility index (Phi) is 6.62. The summed E-state index contributed by atoms with van der Waals surface area (Å²) in [7, 11) is 0. The minimum absolute atomic E-state index is 0.0429. The van der Waals surface area contributed by atoms with Crippen LogP contribution in [0.4, 0.5) is 5.13 Å². The third-order valence-electron chi connectivity index (χ3n) is 6.48. The van der Waals surface area contributed by atoms with Crippen molar-refractivity contribution in [3.63, 3.8) is 0 Å². The van der Waals surface area contributed by atoms with Crippen LogP contribution in [0.25, 0.3) is 11.0 Å². The highest BCUT2D eigenvalue weighted by Crippen LogP contribution is 2.44. The van der Waals surface area contributed by atoms with Crippen LogP contribution in [0.15, 0.2) is 58.3 Å². The third kappa shape index (κ3) is 4.18. The monoisotopic (exact) mass is 530 g/mol. The summed E-state index contributed by atoms with van der Waals surface area (Å²) < 4.78 is 17.0. The zero-order valence-electron chi connectivity index (χ0n) is 21.5. The number of aromatic nitrogens is 1. The van der Waals surface area contributed by atoms with Gasteiger partial charge in [-0.05, 0) is 68.7 Å². The third-order valence-corrected chi connectivity index (χ3v) is 7.62. The van der Waals surface area contributed by atoms with Crippen molar-refractivity contribution in [2.24, 2.45) is 0 Å². The number of thiazole rings is 1. The molecular weight excluding hydrogens is 504 g/mol. The van der Waals surface area contributed by atoms with Gasteiger partial charge in [0.15, 0.2) is 10.6 Å². The number of fused-ring (bicyclic) bond motifs is 2. The van der Waals surface area contributed by atoms with Crippen molar-refractivity contribution in [1.29, 1.82) is 0 Å². The van der Waals surface area contributed by atoms with Crippen molar-refractivity contribution in [2.75, 3.05) is 18.1 Å². The number of nitrogens with zero attached hydrogens (tertiary/aromatic N) is 2. The maximum Gasteiger partial charge on any atom is 0.350 e. The van der Waals surface area contributed by atoms with E-state index in [0.29, 0.717) is 39.5 Å². The summed E-state index contributed by atoms with van der Waals surface area (Å²) in [6.45, 7) is 11.4. The van der Waals surface area contributed by atoms with Crippen LogP contribution in [-0.4, -0.2) is 30.1 Å². The second kappa shape index (κ2) is 9.90. The zero-order valence-corrected chi connectivity index (χ0v) is 22.3. The van der Waals surface area contributed by atoms with Crippen LogP contribution < -0.4 is 15.1 Å². The first-order chi connectivity index (χ1) is 18.2. The van der Waals surface area contributed by atoms with E-state index in [1.54, 1.807) is 50.3 Å². The number of carbonyl (C=O) groups excluding carboxylic acids is 2. The maximum absolute atomic E-state index is 13.9. The van der Waals surface area contributed by atoms with Gasteiger partial charge in [0, 0.05) is 0 Å². The molecule has 1 atom stereocenters. The molecule has 0 saturated heterocycles. The smallest absolute Gasteiger partial charge is 0.350 e. The first kappa shape index (κ1) is 25.4. The Morgan fingerprint density at radius 2 is 1.95 bits per heavy atom. The van der Waals surface area contributed by atoms with Gasteiger partial charge in [-0.1, -0.05) is 36.1 Å².